The Morgan fingerprint density at radius 2 is 1.82 bits per heavy atom. The number of benzene rings is 1. The average molecular weight is 292 g/mol. The molecule has 0 unspecified atom stereocenters. The molecule has 4 rings (SSSR count). The zero-order chi connectivity index (χ0) is 15.1. The molecule has 1 aromatic carbocycles. The number of nitrogens with zero attached hydrogens (tertiary/aromatic N) is 4. The van der Waals surface area contributed by atoms with E-state index in [1.807, 2.05) is 13.0 Å². The maximum atomic E-state index is 4.67. The van der Waals surface area contributed by atoms with Crippen molar-refractivity contribution in [1.29, 1.82) is 0 Å². The van der Waals surface area contributed by atoms with Gasteiger partial charge in [-0.1, -0.05) is 18.2 Å². The monoisotopic (exact) mass is 292 g/mol. The summed E-state index contributed by atoms with van der Waals surface area (Å²) in [6, 6.07) is 15.2. The van der Waals surface area contributed by atoms with E-state index in [4.69, 9.17) is 0 Å². The minimum atomic E-state index is 0.525. The summed E-state index contributed by atoms with van der Waals surface area (Å²) in [4.78, 5) is 11.7. The molecule has 3 heterocycles. The van der Waals surface area contributed by atoms with Crippen LogP contribution < -0.4 is 0 Å². The summed E-state index contributed by atoms with van der Waals surface area (Å²) in [5.74, 6) is 1.11. The van der Waals surface area contributed by atoms with E-state index < -0.39 is 0 Å². The van der Waals surface area contributed by atoms with Gasteiger partial charge >= 0.3 is 0 Å². The summed E-state index contributed by atoms with van der Waals surface area (Å²) in [5, 5.41) is 0. The number of hydrogen-bond donors (Lipinski definition) is 0. The summed E-state index contributed by atoms with van der Waals surface area (Å²) in [6.45, 7) is 7.21. The lowest BCUT2D eigenvalue weighted by atomic mass is 10.1. The molecular weight excluding hydrogens is 272 g/mol. The molecule has 4 heteroatoms. The molecule has 0 aliphatic carbocycles. The molecule has 4 nitrogen and oxygen atoms in total. The summed E-state index contributed by atoms with van der Waals surface area (Å²) >= 11 is 0. The molecule has 1 saturated heterocycles. The van der Waals surface area contributed by atoms with E-state index in [1.54, 1.807) is 0 Å². The van der Waals surface area contributed by atoms with E-state index in [-0.39, 0.29) is 0 Å². The molecule has 0 bridgehead atoms. The molecular formula is C18H20N4. The van der Waals surface area contributed by atoms with Crippen molar-refractivity contribution in [1.82, 2.24) is 19.4 Å². The maximum Gasteiger partial charge on any atom is 0.107 e. The first-order valence-electron chi connectivity index (χ1n) is 7.79. The molecule has 112 valence electrons. The Hall–Kier alpha value is -2.20. The summed E-state index contributed by atoms with van der Waals surface area (Å²) in [6.07, 6.45) is 0. The Labute approximate surface area is 130 Å². The third-order valence-corrected chi connectivity index (χ3v) is 4.41. The first kappa shape index (κ1) is 13.5. The van der Waals surface area contributed by atoms with Crippen LogP contribution in [0.1, 0.15) is 23.3 Å². The maximum absolute atomic E-state index is 4.67. The van der Waals surface area contributed by atoms with Crippen molar-refractivity contribution in [3.63, 3.8) is 0 Å². The van der Waals surface area contributed by atoms with Crippen LogP contribution in [0.3, 0.4) is 0 Å². The van der Waals surface area contributed by atoms with Gasteiger partial charge in [0.25, 0.3) is 0 Å². The molecule has 0 atom stereocenters. The van der Waals surface area contributed by atoms with Crippen LogP contribution in [0.4, 0.5) is 0 Å². The zero-order valence-electron chi connectivity index (χ0n) is 13.0. The van der Waals surface area contributed by atoms with Crippen molar-refractivity contribution < 1.29 is 0 Å². The number of aromatic nitrogens is 3. The minimum absolute atomic E-state index is 0.525. The number of para-hydroxylation sites is 2. The summed E-state index contributed by atoms with van der Waals surface area (Å²) in [7, 11) is 0. The van der Waals surface area contributed by atoms with Gasteiger partial charge in [-0.05, 0) is 38.1 Å². The fourth-order valence-electron chi connectivity index (χ4n) is 3.38. The molecule has 0 amide bonds. The molecule has 0 N–H and O–H groups in total. The lowest BCUT2D eigenvalue weighted by Gasteiger charge is -2.40. The average Bonchev–Trinajstić information content (AvgIpc) is 2.78. The highest BCUT2D eigenvalue weighted by Gasteiger charge is 2.30. The number of aryl methyl sites for hydroxylation is 2. The molecule has 2 aromatic heterocycles. The van der Waals surface area contributed by atoms with E-state index in [0.717, 1.165) is 42.4 Å². The van der Waals surface area contributed by atoms with Crippen LogP contribution in [-0.2, 0) is 6.54 Å². The van der Waals surface area contributed by atoms with Gasteiger partial charge in [-0.15, -0.1) is 0 Å². The van der Waals surface area contributed by atoms with E-state index in [1.165, 1.54) is 5.52 Å². The Balaban J connectivity index is 1.49. The highest BCUT2D eigenvalue weighted by Crippen LogP contribution is 2.28. The second kappa shape index (κ2) is 5.21. The number of hydrogen-bond acceptors (Lipinski definition) is 3. The Morgan fingerprint density at radius 1 is 1.00 bits per heavy atom. The van der Waals surface area contributed by atoms with Crippen molar-refractivity contribution in [2.75, 3.05) is 13.1 Å². The topological polar surface area (TPSA) is 34.0 Å². The number of fused-ring (bicyclic) bond motifs is 1. The van der Waals surface area contributed by atoms with Crippen LogP contribution in [0.2, 0.25) is 0 Å². The van der Waals surface area contributed by atoms with E-state index in [2.05, 4.69) is 62.8 Å². The summed E-state index contributed by atoms with van der Waals surface area (Å²) in [5.41, 5.74) is 4.59. The second-order valence-corrected chi connectivity index (χ2v) is 6.14. The SMILES string of the molecule is Cc1cccc(CN2CC(n3c(C)nc4ccccc43)C2)n1. The van der Waals surface area contributed by atoms with Gasteiger partial charge in [-0.25, -0.2) is 4.98 Å². The smallest absolute Gasteiger partial charge is 0.107 e. The van der Waals surface area contributed by atoms with Crippen molar-refractivity contribution in [3.8, 4) is 0 Å². The van der Waals surface area contributed by atoms with Gasteiger partial charge in [0, 0.05) is 25.3 Å². The van der Waals surface area contributed by atoms with Crippen molar-refractivity contribution in [3.05, 3.63) is 59.7 Å². The minimum Gasteiger partial charge on any atom is -0.322 e. The van der Waals surface area contributed by atoms with Gasteiger partial charge < -0.3 is 4.57 Å². The van der Waals surface area contributed by atoms with Gasteiger partial charge in [-0.3, -0.25) is 9.88 Å². The van der Waals surface area contributed by atoms with Gasteiger partial charge in [-0.2, -0.15) is 0 Å². The standard InChI is InChI=1S/C18H20N4/c1-13-6-5-7-15(19-13)10-21-11-16(12-21)22-14(2)20-17-8-3-4-9-18(17)22/h3-9,16H,10-12H2,1-2H3. The Morgan fingerprint density at radius 3 is 2.64 bits per heavy atom. The van der Waals surface area contributed by atoms with Gasteiger partial charge in [0.15, 0.2) is 0 Å². The lowest BCUT2D eigenvalue weighted by Crippen LogP contribution is -2.47. The van der Waals surface area contributed by atoms with E-state index in [9.17, 15) is 0 Å². The fraction of sp³-hybridized carbons (Fsp3) is 0.333. The molecule has 0 spiro atoms. The fourth-order valence-corrected chi connectivity index (χ4v) is 3.38. The number of likely N-dealkylation sites (tertiary alicyclic amines) is 1. The third-order valence-electron chi connectivity index (χ3n) is 4.41. The number of pyridine rings is 1. The van der Waals surface area contributed by atoms with Crippen LogP contribution in [0, 0.1) is 13.8 Å². The van der Waals surface area contributed by atoms with Crippen LogP contribution in [0.5, 0.6) is 0 Å². The zero-order valence-corrected chi connectivity index (χ0v) is 13.0. The highest BCUT2D eigenvalue weighted by molar-refractivity contribution is 5.76. The van der Waals surface area contributed by atoms with Crippen LogP contribution in [-0.4, -0.2) is 32.5 Å². The predicted molar refractivity (Wildman–Crippen MR) is 87.8 cm³/mol. The second-order valence-electron chi connectivity index (χ2n) is 6.14. The molecule has 22 heavy (non-hydrogen) atoms. The molecule has 1 aliphatic rings. The van der Waals surface area contributed by atoms with Gasteiger partial charge in [0.05, 0.1) is 22.8 Å². The molecule has 3 aromatic rings. The summed E-state index contributed by atoms with van der Waals surface area (Å²) < 4.78 is 2.38. The van der Waals surface area contributed by atoms with Crippen molar-refractivity contribution in [2.45, 2.75) is 26.4 Å². The van der Waals surface area contributed by atoms with Gasteiger partial charge in [0.1, 0.15) is 5.82 Å². The Bertz CT molecular complexity index is 815. The van der Waals surface area contributed by atoms with Crippen molar-refractivity contribution in [2.24, 2.45) is 0 Å². The van der Waals surface area contributed by atoms with Crippen molar-refractivity contribution >= 4 is 11.0 Å². The lowest BCUT2D eigenvalue weighted by molar-refractivity contribution is 0.0986. The molecule has 0 saturated carbocycles. The van der Waals surface area contributed by atoms with Crippen LogP contribution >= 0.6 is 0 Å². The largest absolute Gasteiger partial charge is 0.322 e. The van der Waals surface area contributed by atoms with Crippen LogP contribution in [0.15, 0.2) is 42.5 Å². The molecule has 1 fully saturated rings. The number of imidazole rings is 1. The van der Waals surface area contributed by atoms with Gasteiger partial charge in [0.2, 0.25) is 0 Å². The predicted octanol–water partition coefficient (Wildman–Crippen LogP) is 3.11. The first-order valence-corrected chi connectivity index (χ1v) is 7.79. The first-order chi connectivity index (χ1) is 10.7. The molecule has 0 radical (unpaired) electrons. The third kappa shape index (κ3) is 2.29. The highest BCUT2D eigenvalue weighted by atomic mass is 15.3. The quantitative estimate of drug-likeness (QED) is 0.744. The normalized spacial score (nSPS) is 16.1. The Kier molecular flexibility index (Phi) is 3.19. The van der Waals surface area contributed by atoms with Crippen LogP contribution in [0.25, 0.3) is 11.0 Å². The molecule has 1 aliphatic heterocycles. The number of rotatable bonds is 3. The van der Waals surface area contributed by atoms with E-state index >= 15 is 0 Å². The van der Waals surface area contributed by atoms with E-state index in [0.29, 0.717) is 6.04 Å².